The Bertz CT molecular complexity index is 2480. The van der Waals surface area contributed by atoms with Crippen molar-refractivity contribution in [3.05, 3.63) is 83.0 Å². The Kier molecular flexibility index (Phi) is 11.4. The van der Waals surface area contributed by atoms with Crippen molar-refractivity contribution in [1.82, 2.24) is 30.0 Å². The summed E-state index contributed by atoms with van der Waals surface area (Å²) in [5, 5.41) is 9.84. The molecule has 0 bridgehead atoms. The number of piperazine rings is 1. The highest BCUT2D eigenvalue weighted by Gasteiger charge is 2.47. The van der Waals surface area contributed by atoms with Crippen molar-refractivity contribution in [1.29, 1.82) is 0 Å². The van der Waals surface area contributed by atoms with E-state index in [0.29, 0.717) is 62.4 Å². The predicted octanol–water partition coefficient (Wildman–Crippen LogP) is 4.75. The number of amides is 4. The van der Waals surface area contributed by atoms with E-state index in [1.807, 2.05) is 42.5 Å². The first kappa shape index (κ1) is 41.8. The third-order valence-corrected chi connectivity index (χ3v) is 14.6. The second-order valence-corrected chi connectivity index (χ2v) is 20.5. The van der Waals surface area contributed by atoms with Gasteiger partial charge in [0.05, 0.1) is 41.5 Å². The molecule has 0 spiro atoms. The van der Waals surface area contributed by atoms with Crippen LogP contribution in [0.25, 0.3) is 0 Å². The SMILES string of the molecule is COc1cc(N2CCC(N3CCN(C4CN(c5cccc6c5C(=O)N(C5CCC(=O)NC5=O)C6=O)C4)CC3)CC2)ccc1Nc1ncc(Cl)c(Nc2ccccc2P(C)(C)=O)n1. The van der Waals surface area contributed by atoms with Gasteiger partial charge in [0.25, 0.3) is 11.8 Å². The summed E-state index contributed by atoms with van der Waals surface area (Å²) in [6, 6.07) is 18.7. The number of carbonyl (C=O) groups excluding carboxylic acids is 4. The molecule has 9 rings (SSSR count). The average Bonchev–Trinajstić information content (AvgIpc) is 3.50. The summed E-state index contributed by atoms with van der Waals surface area (Å²) in [4.78, 5) is 71.0. The van der Waals surface area contributed by atoms with Crippen LogP contribution in [0.3, 0.4) is 0 Å². The Morgan fingerprint density at radius 1 is 0.806 bits per heavy atom. The van der Waals surface area contributed by atoms with Gasteiger partial charge < -0.3 is 29.7 Å². The number of nitrogens with zero attached hydrogens (tertiary/aromatic N) is 7. The van der Waals surface area contributed by atoms with Gasteiger partial charge in [0.1, 0.15) is 24.0 Å². The lowest BCUT2D eigenvalue weighted by atomic mass is 9.99. The molecule has 18 heteroatoms. The first-order chi connectivity index (χ1) is 29.9. The number of ether oxygens (including phenoxy) is 1. The van der Waals surface area contributed by atoms with E-state index in [1.165, 1.54) is 6.20 Å². The number of benzene rings is 3. The summed E-state index contributed by atoms with van der Waals surface area (Å²) in [7, 11) is -0.911. The average molecular weight is 881 g/mol. The molecule has 6 heterocycles. The lowest BCUT2D eigenvalue weighted by molar-refractivity contribution is -0.136. The maximum atomic E-state index is 13.6. The normalized spacial score (nSPS) is 20.6. The number of aromatic nitrogens is 2. The number of methoxy groups -OCH3 is 1. The lowest BCUT2D eigenvalue weighted by Gasteiger charge is -2.50. The fourth-order valence-electron chi connectivity index (χ4n) is 9.39. The summed E-state index contributed by atoms with van der Waals surface area (Å²) >= 11 is 6.49. The largest absolute Gasteiger partial charge is 0.494 e. The van der Waals surface area contributed by atoms with Crippen LogP contribution in [0, 0.1) is 0 Å². The summed E-state index contributed by atoms with van der Waals surface area (Å²) in [5.41, 5.74) is 3.87. The van der Waals surface area contributed by atoms with E-state index in [1.54, 1.807) is 32.6 Å². The molecule has 4 aromatic rings. The van der Waals surface area contributed by atoms with E-state index in [-0.39, 0.29) is 18.7 Å². The molecule has 4 fully saturated rings. The Morgan fingerprint density at radius 2 is 1.53 bits per heavy atom. The summed E-state index contributed by atoms with van der Waals surface area (Å²) in [6.07, 6.45) is 3.87. The maximum absolute atomic E-state index is 13.6. The molecule has 5 aliphatic heterocycles. The smallest absolute Gasteiger partial charge is 0.264 e. The number of anilines is 6. The van der Waals surface area contributed by atoms with E-state index in [9.17, 15) is 23.7 Å². The summed E-state index contributed by atoms with van der Waals surface area (Å²) in [5.74, 6) is -0.547. The number of halogens is 1. The number of rotatable bonds is 11. The highest BCUT2D eigenvalue weighted by atomic mass is 35.5. The zero-order valence-electron chi connectivity index (χ0n) is 35.0. The number of nitrogens with one attached hydrogen (secondary N) is 3. The van der Waals surface area contributed by atoms with E-state index in [4.69, 9.17) is 16.3 Å². The van der Waals surface area contributed by atoms with Crippen LogP contribution in [0.1, 0.15) is 46.4 Å². The van der Waals surface area contributed by atoms with Gasteiger partial charge in [0, 0.05) is 87.9 Å². The van der Waals surface area contributed by atoms with E-state index in [0.717, 1.165) is 81.5 Å². The van der Waals surface area contributed by atoms with Crippen molar-refractivity contribution < 1.29 is 28.5 Å². The van der Waals surface area contributed by atoms with E-state index < -0.39 is 30.9 Å². The minimum Gasteiger partial charge on any atom is -0.494 e. The number of piperidine rings is 2. The minimum absolute atomic E-state index is 0.0905. The van der Waals surface area contributed by atoms with Gasteiger partial charge in [-0.15, -0.1) is 0 Å². The van der Waals surface area contributed by atoms with Gasteiger partial charge in [0.15, 0.2) is 5.82 Å². The molecule has 16 nitrogen and oxygen atoms in total. The fraction of sp³-hybridized carbons (Fsp3) is 0.409. The van der Waals surface area contributed by atoms with Gasteiger partial charge in [-0.2, -0.15) is 4.98 Å². The fourth-order valence-corrected chi connectivity index (χ4v) is 10.7. The molecule has 1 atom stereocenters. The number of hydrogen-bond acceptors (Lipinski definition) is 14. The molecular weight excluding hydrogens is 831 g/mol. The zero-order valence-corrected chi connectivity index (χ0v) is 36.6. The van der Waals surface area contributed by atoms with Crippen LogP contribution < -0.4 is 35.8 Å². The first-order valence-electron chi connectivity index (χ1n) is 21.1. The van der Waals surface area contributed by atoms with E-state index >= 15 is 0 Å². The Hall–Kier alpha value is -5.54. The van der Waals surface area contributed by atoms with Crippen molar-refractivity contribution in [2.45, 2.75) is 43.8 Å². The molecular formula is C44H50ClN10O6P. The topological polar surface area (TPSA) is 173 Å². The Balaban J connectivity index is 0.761. The molecule has 4 saturated heterocycles. The van der Waals surface area contributed by atoms with Crippen LogP contribution in [0.15, 0.2) is 66.9 Å². The number of para-hydroxylation sites is 1. The molecule has 62 heavy (non-hydrogen) atoms. The van der Waals surface area contributed by atoms with Crippen molar-refractivity contribution >= 4 is 82.2 Å². The van der Waals surface area contributed by atoms with Crippen molar-refractivity contribution in [3.63, 3.8) is 0 Å². The highest BCUT2D eigenvalue weighted by molar-refractivity contribution is 7.70. The van der Waals surface area contributed by atoms with Gasteiger partial charge in [-0.25, -0.2) is 4.98 Å². The molecule has 3 aromatic carbocycles. The molecule has 5 aliphatic rings. The van der Waals surface area contributed by atoms with Crippen LogP contribution in [-0.4, -0.2) is 139 Å². The summed E-state index contributed by atoms with van der Waals surface area (Å²) in [6.45, 7) is 10.8. The predicted molar refractivity (Wildman–Crippen MR) is 240 cm³/mol. The van der Waals surface area contributed by atoms with Crippen LogP contribution in [0.5, 0.6) is 5.75 Å². The van der Waals surface area contributed by atoms with Gasteiger partial charge in [0.2, 0.25) is 17.8 Å². The third kappa shape index (κ3) is 8.12. The van der Waals surface area contributed by atoms with Gasteiger partial charge in [-0.3, -0.25) is 39.2 Å². The Morgan fingerprint density at radius 3 is 2.24 bits per heavy atom. The second-order valence-electron chi connectivity index (χ2n) is 16.9. The van der Waals surface area contributed by atoms with Crippen LogP contribution in [0.4, 0.5) is 34.5 Å². The van der Waals surface area contributed by atoms with Crippen LogP contribution >= 0.6 is 18.7 Å². The quantitative estimate of drug-likeness (QED) is 0.139. The number of carbonyl (C=O) groups is 4. The molecule has 4 amide bonds. The first-order valence-corrected chi connectivity index (χ1v) is 24.1. The van der Waals surface area contributed by atoms with Crippen LogP contribution in [0.2, 0.25) is 5.02 Å². The van der Waals surface area contributed by atoms with Crippen molar-refractivity contribution in [3.8, 4) is 5.75 Å². The van der Waals surface area contributed by atoms with Crippen molar-refractivity contribution in [2.75, 3.05) is 93.2 Å². The molecule has 324 valence electrons. The maximum Gasteiger partial charge on any atom is 0.264 e. The van der Waals surface area contributed by atoms with Gasteiger partial charge in [-0.05, 0) is 69.0 Å². The molecule has 0 aliphatic carbocycles. The highest BCUT2D eigenvalue weighted by Crippen LogP contribution is 2.40. The zero-order chi connectivity index (χ0) is 43.3. The number of fused-ring (bicyclic) bond motifs is 1. The molecule has 1 aromatic heterocycles. The standard InChI is InChI=1S/C44H50ClN10O6P/c1-61-36-23-28(11-12-32(36)48-44-46-24-31(45)40(50-44)47-33-8-4-5-10-37(33)62(2,3)60)51-17-15-27(16-18-51)52-19-21-53(22-20-52)29-25-54(26-29)34-9-6-7-30-39(34)43(59)55(42(30)58)35-13-14-38(56)49-41(35)57/h4-12,23-24,27,29,35H,13-22,25-26H2,1-3H3,(H,49,56,57)(H2,46,47,48,50). The molecule has 0 saturated carbocycles. The Labute approximate surface area is 365 Å². The third-order valence-electron chi connectivity index (χ3n) is 12.8. The second kappa shape index (κ2) is 17.0. The molecule has 0 radical (unpaired) electrons. The minimum atomic E-state index is -2.56. The number of hydrogen-bond donors (Lipinski definition) is 3. The van der Waals surface area contributed by atoms with Crippen molar-refractivity contribution in [2.24, 2.45) is 0 Å². The van der Waals surface area contributed by atoms with Gasteiger partial charge in [-0.1, -0.05) is 29.8 Å². The lowest BCUT2D eigenvalue weighted by Crippen LogP contribution is -2.64. The number of imide groups is 2. The monoisotopic (exact) mass is 880 g/mol. The van der Waals surface area contributed by atoms with Gasteiger partial charge >= 0.3 is 0 Å². The summed E-state index contributed by atoms with van der Waals surface area (Å²) < 4.78 is 18.7. The van der Waals surface area contributed by atoms with Crippen LogP contribution in [-0.2, 0) is 14.2 Å². The molecule has 3 N–H and O–H groups in total. The molecule has 1 unspecified atom stereocenters. The van der Waals surface area contributed by atoms with E-state index in [2.05, 4.69) is 51.6 Å².